The fourth-order valence-electron chi connectivity index (χ4n) is 2.52. The summed E-state index contributed by atoms with van der Waals surface area (Å²) in [6, 6.07) is 0.185. The van der Waals surface area contributed by atoms with Gasteiger partial charge in [-0.3, -0.25) is 0 Å². The molecule has 0 aromatic heterocycles. The van der Waals surface area contributed by atoms with Crippen LogP contribution in [0.4, 0.5) is 4.79 Å². The molecule has 15 heavy (non-hydrogen) atoms. The number of rotatable bonds is 0. The van der Waals surface area contributed by atoms with Gasteiger partial charge in [-0.05, 0) is 25.7 Å². The van der Waals surface area contributed by atoms with Gasteiger partial charge in [0, 0.05) is 31.7 Å². The smallest absolute Gasteiger partial charge is 0.320 e. The number of carbonyl (C=O) groups is 1. The van der Waals surface area contributed by atoms with Crippen LogP contribution < -0.4 is 5.73 Å². The van der Waals surface area contributed by atoms with Gasteiger partial charge < -0.3 is 15.5 Å². The molecule has 2 rings (SSSR count). The molecule has 2 aliphatic rings. The number of hydrogen-bond acceptors (Lipinski definition) is 2. The van der Waals surface area contributed by atoms with E-state index >= 15 is 0 Å². The second kappa shape index (κ2) is 3.67. The summed E-state index contributed by atoms with van der Waals surface area (Å²) in [5, 5.41) is 0. The van der Waals surface area contributed by atoms with Crippen molar-refractivity contribution in [1.82, 2.24) is 9.80 Å². The molecule has 2 saturated heterocycles. The van der Waals surface area contributed by atoms with Crippen molar-refractivity contribution in [3.05, 3.63) is 0 Å². The molecule has 0 bridgehead atoms. The molecule has 1 unspecified atom stereocenters. The number of nitrogens with zero attached hydrogens (tertiary/aromatic N) is 2. The molecule has 2 heterocycles. The minimum atomic E-state index is -0.156. The predicted molar refractivity (Wildman–Crippen MR) is 59.5 cm³/mol. The molecule has 0 saturated carbocycles. The molecule has 2 fully saturated rings. The Morgan fingerprint density at radius 1 is 1.40 bits per heavy atom. The first-order valence-electron chi connectivity index (χ1n) is 5.81. The largest absolute Gasteiger partial charge is 0.324 e. The van der Waals surface area contributed by atoms with Crippen LogP contribution in [0.5, 0.6) is 0 Å². The van der Waals surface area contributed by atoms with Crippen LogP contribution in [0, 0.1) is 5.92 Å². The Kier molecular flexibility index (Phi) is 2.63. The van der Waals surface area contributed by atoms with Crippen LogP contribution in [0.2, 0.25) is 0 Å². The third-order valence-corrected chi connectivity index (χ3v) is 3.30. The maximum atomic E-state index is 12.0. The monoisotopic (exact) mass is 211 g/mol. The number of urea groups is 1. The van der Waals surface area contributed by atoms with Gasteiger partial charge in [0.05, 0.1) is 0 Å². The molecule has 0 radical (unpaired) electrons. The zero-order valence-corrected chi connectivity index (χ0v) is 9.70. The topological polar surface area (TPSA) is 49.6 Å². The van der Waals surface area contributed by atoms with Crippen LogP contribution >= 0.6 is 0 Å². The van der Waals surface area contributed by atoms with E-state index in [1.807, 2.05) is 16.7 Å². The molecule has 2 N–H and O–H groups in total. The number of nitrogens with two attached hydrogens (primary N) is 1. The van der Waals surface area contributed by atoms with Crippen LogP contribution in [0.3, 0.4) is 0 Å². The van der Waals surface area contributed by atoms with Crippen LogP contribution in [-0.2, 0) is 0 Å². The highest BCUT2D eigenvalue weighted by Crippen LogP contribution is 2.22. The average Bonchev–Trinajstić information content (AvgIpc) is 2.13. The lowest BCUT2D eigenvalue weighted by atomic mass is 9.94. The lowest BCUT2D eigenvalue weighted by Gasteiger charge is -2.48. The highest BCUT2D eigenvalue weighted by atomic mass is 16.2. The van der Waals surface area contributed by atoms with Crippen molar-refractivity contribution in [2.75, 3.05) is 26.2 Å². The minimum absolute atomic E-state index is 0.156. The molecule has 0 spiro atoms. The molecule has 2 amide bonds. The summed E-state index contributed by atoms with van der Waals surface area (Å²) in [6.45, 7) is 7.45. The van der Waals surface area contributed by atoms with Crippen molar-refractivity contribution in [2.45, 2.75) is 32.2 Å². The number of hydrogen-bond donors (Lipinski definition) is 1. The minimum Gasteiger partial charge on any atom is -0.324 e. The van der Waals surface area contributed by atoms with Crippen LogP contribution in [0.15, 0.2) is 0 Å². The standard InChI is InChI=1S/C11H21N3O/c1-9-4-3-5-13(6-9)10(15)14-7-11(2,12)8-14/h9H,3-8,12H2,1-2H3. The number of amides is 2. The Hall–Kier alpha value is -0.770. The molecular weight excluding hydrogens is 190 g/mol. The SMILES string of the molecule is CC1CCCN(C(=O)N2CC(C)(N)C2)C1. The van der Waals surface area contributed by atoms with E-state index in [1.54, 1.807) is 0 Å². The van der Waals surface area contributed by atoms with Crippen molar-refractivity contribution in [1.29, 1.82) is 0 Å². The van der Waals surface area contributed by atoms with Gasteiger partial charge in [-0.25, -0.2) is 4.79 Å². The lowest BCUT2D eigenvalue weighted by molar-refractivity contribution is 0.0703. The van der Waals surface area contributed by atoms with Gasteiger partial charge in [0.25, 0.3) is 0 Å². The van der Waals surface area contributed by atoms with Crippen molar-refractivity contribution in [3.8, 4) is 0 Å². The van der Waals surface area contributed by atoms with Gasteiger partial charge in [0.2, 0.25) is 0 Å². The van der Waals surface area contributed by atoms with Crippen molar-refractivity contribution >= 4 is 6.03 Å². The third-order valence-electron chi connectivity index (χ3n) is 3.30. The first-order chi connectivity index (χ1) is 6.98. The van der Waals surface area contributed by atoms with E-state index in [-0.39, 0.29) is 11.6 Å². The molecule has 2 aliphatic heterocycles. The summed E-state index contributed by atoms with van der Waals surface area (Å²) >= 11 is 0. The van der Waals surface area contributed by atoms with E-state index in [2.05, 4.69) is 6.92 Å². The third kappa shape index (κ3) is 2.25. The highest BCUT2D eigenvalue weighted by molar-refractivity contribution is 5.76. The molecule has 4 heteroatoms. The fraction of sp³-hybridized carbons (Fsp3) is 0.909. The Bertz CT molecular complexity index is 257. The van der Waals surface area contributed by atoms with E-state index in [0.717, 1.165) is 19.5 Å². The number of piperidine rings is 1. The van der Waals surface area contributed by atoms with Gasteiger partial charge >= 0.3 is 6.03 Å². The molecule has 0 aromatic carbocycles. The maximum Gasteiger partial charge on any atom is 0.320 e. The molecule has 86 valence electrons. The zero-order valence-electron chi connectivity index (χ0n) is 9.70. The van der Waals surface area contributed by atoms with Gasteiger partial charge in [-0.2, -0.15) is 0 Å². The zero-order chi connectivity index (χ0) is 11.1. The second-order valence-electron chi connectivity index (χ2n) is 5.49. The summed E-state index contributed by atoms with van der Waals surface area (Å²) in [4.78, 5) is 15.8. The molecular formula is C11H21N3O. The van der Waals surface area contributed by atoms with Crippen molar-refractivity contribution in [3.63, 3.8) is 0 Å². The van der Waals surface area contributed by atoms with Crippen molar-refractivity contribution < 1.29 is 4.79 Å². The summed E-state index contributed by atoms with van der Waals surface area (Å²) in [7, 11) is 0. The van der Waals surface area contributed by atoms with Gasteiger partial charge in [0.1, 0.15) is 0 Å². The first-order valence-corrected chi connectivity index (χ1v) is 5.81. The average molecular weight is 211 g/mol. The van der Waals surface area contributed by atoms with Crippen LogP contribution in [0.1, 0.15) is 26.7 Å². The number of likely N-dealkylation sites (tertiary alicyclic amines) is 2. The molecule has 4 nitrogen and oxygen atoms in total. The summed E-state index contributed by atoms with van der Waals surface area (Å²) in [5.74, 6) is 0.647. The fourth-order valence-corrected chi connectivity index (χ4v) is 2.52. The summed E-state index contributed by atoms with van der Waals surface area (Å²) < 4.78 is 0. The summed E-state index contributed by atoms with van der Waals surface area (Å²) in [6.07, 6.45) is 2.39. The summed E-state index contributed by atoms with van der Waals surface area (Å²) in [5.41, 5.74) is 5.74. The van der Waals surface area contributed by atoms with E-state index < -0.39 is 0 Å². The van der Waals surface area contributed by atoms with E-state index in [9.17, 15) is 4.79 Å². The Morgan fingerprint density at radius 3 is 2.60 bits per heavy atom. The predicted octanol–water partition coefficient (Wildman–Crippen LogP) is 0.871. The first kappa shape index (κ1) is 10.7. The van der Waals surface area contributed by atoms with Crippen LogP contribution in [0.25, 0.3) is 0 Å². The maximum absolute atomic E-state index is 12.0. The lowest BCUT2D eigenvalue weighted by Crippen LogP contribution is -2.68. The van der Waals surface area contributed by atoms with Crippen molar-refractivity contribution in [2.24, 2.45) is 11.7 Å². The molecule has 1 atom stereocenters. The second-order valence-corrected chi connectivity index (χ2v) is 5.49. The van der Waals surface area contributed by atoms with Gasteiger partial charge in [-0.1, -0.05) is 6.92 Å². The van der Waals surface area contributed by atoms with E-state index in [0.29, 0.717) is 19.0 Å². The van der Waals surface area contributed by atoms with Gasteiger partial charge in [-0.15, -0.1) is 0 Å². The highest BCUT2D eigenvalue weighted by Gasteiger charge is 2.40. The number of carbonyl (C=O) groups excluding carboxylic acids is 1. The van der Waals surface area contributed by atoms with E-state index in [1.165, 1.54) is 6.42 Å². The molecule has 0 aromatic rings. The van der Waals surface area contributed by atoms with Crippen LogP contribution in [-0.4, -0.2) is 47.5 Å². The quantitative estimate of drug-likeness (QED) is 0.646. The Labute approximate surface area is 91.4 Å². The Balaban J connectivity index is 1.86. The molecule has 0 aliphatic carbocycles. The van der Waals surface area contributed by atoms with Gasteiger partial charge in [0.15, 0.2) is 0 Å². The normalized spacial score (nSPS) is 29.9. The van der Waals surface area contributed by atoms with E-state index in [4.69, 9.17) is 5.73 Å². The Morgan fingerprint density at radius 2 is 2.07 bits per heavy atom.